The van der Waals surface area contributed by atoms with Crippen molar-refractivity contribution in [1.82, 2.24) is 10.2 Å². The molecule has 28 heavy (non-hydrogen) atoms. The average Bonchev–Trinajstić information content (AvgIpc) is 3.09. The summed E-state index contributed by atoms with van der Waals surface area (Å²) in [6.45, 7) is 0. The smallest absolute Gasteiger partial charge is 0.216 e. The van der Waals surface area contributed by atoms with E-state index in [2.05, 4.69) is 32.2 Å². The molecular formula is C18H13BrFN5OS2. The predicted octanol–water partition coefficient (Wildman–Crippen LogP) is 4.41. The van der Waals surface area contributed by atoms with Gasteiger partial charge in [-0.15, -0.1) is 5.10 Å². The van der Waals surface area contributed by atoms with Crippen LogP contribution in [0.2, 0.25) is 0 Å². The lowest BCUT2D eigenvalue weighted by atomic mass is 9.75. The van der Waals surface area contributed by atoms with Gasteiger partial charge in [0.2, 0.25) is 5.13 Å². The molecule has 1 unspecified atom stereocenters. The number of nitrogens with two attached hydrogens (primary N) is 1. The summed E-state index contributed by atoms with van der Waals surface area (Å²) in [6.07, 6.45) is 1.56. The number of H-pyrrole nitrogens is 1. The molecule has 1 aromatic heterocycles. The molecule has 0 radical (unpaired) electrons. The third kappa shape index (κ3) is 2.99. The quantitative estimate of drug-likeness (QED) is 0.621. The molecule has 0 saturated carbocycles. The van der Waals surface area contributed by atoms with Crippen LogP contribution in [0.4, 0.5) is 9.52 Å². The first kappa shape index (κ1) is 19.0. The number of hydrogen-bond donors (Lipinski definition) is 2. The van der Waals surface area contributed by atoms with Gasteiger partial charge in [-0.05, 0) is 43.3 Å². The van der Waals surface area contributed by atoms with E-state index >= 15 is 0 Å². The molecule has 0 amide bonds. The number of hydrogen-bond acceptors (Lipinski definition) is 7. The van der Waals surface area contributed by atoms with E-state index in [-0.39, 0.29) is 22.7 Å². The number of aromatic nitrogens is 2. The summed E-state index contributed by atoms with van der Waals surface area (Å²) >= 11 is 9.65. The lowest BCUT2D eigenvalue weighted by Gasteiger charge is -2.38. The van der Waals surface area contributed by atoms with Gasteiger partial charge in [0, 0.05) is 27.7 Å². The molecule has 0 spiro atoms. The van der Waals surface area contributed by atoms with Crippen LogP contribution in [0.25, 0.3) is 0 Å². The first-order valence-corrected chi connectivity index (χ1v) is 10.4. The Morgan fingerprint density at radius 3 is 2.93 bits per heavy atom. The monoisotopic (exact) mass is 477 g/mol. The van der Waals surface area contributed by atoms with Crippen LogP contribution in [0.3, 0.4) is 0 Å². The molecule has 4 rings (SSSR count). The minimum absolute atomic E-state index is 0.116. The van der Waals surface area contributed by atoms with Crippen molar-refractivity contribution in [2.75, 3.05) is 4.90 Å². The fourth-order valence-electron chi connectivity index (χ4n) is 3.67. The van der Waals surface area contributed by atoms with Gasteiger partial charge in [-0.2, -0.15) is 5.26 Å². The fourth-order valence-corrected chi connectivity index (χ4v) is 4.97. The highest BCUT2D eigenvalue weighted by molar-refractivity contribution is 9.10. The summed E-state index contributed by atoms with van der Waals surface area (Å²) in [7, 11) is 0. The molecule has 142 valence electrons. The van der Waals surface area contributed by atoms with Crippen LogP contribution in [-0.4, -0.2) is 16.0 Å². The van der Waals surface area contributed by atoms with E-state index < -0.39 is 11.7 Å². The van der Waals surface area contributed by atoms with Crippen molar-refractivity contribution in [2.24, 2.45) is 5.73 Å². The average molecular weight is 478 g/mol. The van der Waals surface area contributed by atoms with E-state index in [0.29, 0.717) is 44.1 Å². The molecule has 2 aliphatic rings. The highest BCUT2D eigenvalue weighted by atomic mass is 79.9. The topological polar surface area (TPSA) is 98.8 Å². The molecule has 2 heterocycles. The second-order valence-corrected chi connectivity index (χ2v) is 8.94. The number of Topliss-reactive ketones (excluding diaryl/α,β-unsaturated/α-hetero) is 1. The minimum Gasteiger partial charge on any atom is -0.384 e. The number of carbonyl (C=O) groups excluding carboxylic acids is 1. The van der Waals surface area contributed by atoms with Crippen LogP contribution in [0.15, 0.2) is 45.3 Å². The Hall–Kier alpha value is -2.35. The summed E-state index contributed by atoms with van der Waals surface area (Å²) in [5, 5.41) is 17.2. The first-order chi connectivity index (χ1) is 13.4. The van der Waals surface area contributed by atoms with Gasteiger partial charge in [0.25, 0.3) is 0 Å². The number of allylic oxidation sites excluding steroid dienone is 3. The van der Waals surface area contributed by atoms with Gasteiger partial charge in [0.1, 0.15) is 11.6 Å². The summed E-state index contributed by atoms with van der Waals surface area (Å²) in [5.74, 6) is -1.33. The zero-order valence-corrected chi connectivity index (χ0v) is 17.5. The number of benzene rings is 1. The highest BCUT2D eigenvalue weighted by Gasteiger charge is 2.42. The number of halogens is 2. The van der Waals surface area contributed by atoms with Crippen LogP contribution in [0, 0.1) is 21.1 Å². The molecular weight excluding hydrogens is 465 g/mol. The Morgan fingerprint density at radius 1 is 1.46 bits per heavy atom. The van der Waals surface area contributed by atoms with Gasteiger partial charge < -0.3 is 5.73 Å². The number of ketones is 1. The normalized spacial score (nSPS) is 19.7. The van der Waals surface area contributed by atoms with Crippen LogP contribution >= 0.6 is 39.5 Å². The van der Waals surface area contributed by atoms with Crippen molar-refractivity contribution < 1.29 is 9.18 Å². The molecule has 1 aromatic carbocycles. The predicted molar refractivity (Wildman–Crippen MR) is 109 cm³/mol. The molecule has 1 aliphatic carbocycles. The van der Waals surface area contributed by atoms with Gasteiger partial charge in [-0.1, -0.05) is 27.3 Å². The van der Waals surface area contributed by atoms with Crippen molar-refractivity contribution in [3.63, 3.8) is 0 Å². The number of carbonyl (C=O) groups is 1. The van der Waals surface area contributed by atoms with E-state index in [4.69, 9.17) is 18.0 Å². The first-order valence-electron chi connectivity index (χ1n) is 8.39. The number of aromatic amines is 1. The van der Waals surface area contributed by atoms with Crippen LogP contribution in [-0.2, 0) is 4.79 Å². The standard InChI is InChI=1S/C18H13BrFN5OS2/c19-8-4-5-11(20)9(6-8)14-10(7-21)16(22)25(17-23-24-18(27)28-17)12-2-1-3-13(26)15(12)14/h4-6,14H,1-3,22H2,(H,24,27). The van der Waals surface area contributed by atoms with E-state index in [1.807, 2.05) is 0 Å². The van der Waals surface area contributed by atoms with Gasteiger partial charge in [0.05, 0.1) is 17.6 Å². The molecule has 1 atom stereocenters. The zero-order valence-electron chi connectivity index (χ0n) is 14.3. The highest BCUT2D eigenvalue weighted by Crippen LogP contribution is 2.47. The van der Waals surface area contributed by atoms with Crippen molar-refractivity contribution in [3.05, 3.63) is 60.7 Å². The number of nitrogens with zero attached hydrogens (tertiary/aromatic N) is 3. The molecule has 1 aliphatic heterocycles. The van der Waals surface area contributed by atoms with Crippen LogP contribution in [0.5, 0.6) is 0 Å². The molecule has 6 nitrogen and oxygen atoms in total. The second kappa shape index (κ2) is 7.24. The summed E-state index contributed by atoms with van der Waals surface area (Å²) in [5.41, 5.74) is 7.77. The summed E-state index contributed by atoms with van der Waals surface area (Å²) < 4.78 is 15.8. The van der Waals surface area contributed by atoms with Crippen molar-refractivity contribution in [1.29, 1.82) is 5.26 Å². The van der Waals surface area contributed by atoms with Crippen molar-refractivity contribution in [3.8, 4) is 6.07 Å². The molecule has 0 fully saturated rings. The minimum atomic E-state index is -0.853. The van der Waals surface area contributed by atoms with Crippen molar-refractivity contribution >= 4 is 50.4 Å². The Kier molecular flexibility index (Phi) is 4.91. The van der Waals surface area contributed by atoms with E-state index in [1.165, 1.54) is 17.4 Å². The number of nitriles is 1. The third-order valence-corrected chi connectivity index (χ3v) is 6.37. The van der Waals surface area contributed by atoms with E-state index in [0.717, 1.165) is 0 Å². The van der Waals surface area contributed by atoms with Crippen LogP contribution in [0.1, 0.15) is 30.7 Å². The van der Waals surface area contributed by atoms with Crippen LogP contribution < -0.4 is 10.6 Å². The molecule has 10 heteroatoms. The number of rotatable bonds is 2. The lowest BCUT2D eigenvalue weighted by molar-refractivity contribution is -0.116. The van der Waals surface area contributed by atoms with Gasteiger partial charge in [0.15, 0.2) is 9.74 Å². The number of anilines is 1. The SMILES string of the molecule is N#CC1=C(N)N(c2n[nH]c(=S)s2)C2=C(C(=O)CCC2)C1c1cc(Br)ccc1F. The molecule has 3 N–H and O–H groups in total. The number of nitrogens with one attached hydrogen (secondary N) is 1. The Morgan fingerprint density at radius 2 is 2.25 bits per heavy atom. The van der Waals surface area contributed by atoms with Gasteiger partial charge in [-0.25, -0.2) is 4.39 Å². The lowest BCUT2D eigenvalue weighted by Crippen LogP contribution is -2.38. The molecule has 0 bridgehead atoms. The van der Waals surface area contributed by atoms with Gasteiger partial charge in [-0.3, -0.25) is 14.8 Å². The fraction of sp³-hybridized carbons (Fsp3) is 0.222. The Bertz CT molecular complexity index is 1160. The molecule has 0 saturated heterocycles. The van der Waals surface area contributed by atoms with E-state index in [9.17, 15) is 14.4 Å². The molecule has 2 aromatic rings. The maximum atomic E-state index is 14.7. The summed E-state index contributed by atoms with van der Waals surface area (Å²) in [4.78, 5) is 14.5. The van der Waals surface area contributed by atoms with Gasteiger partial charge >= 0.3 is 0 Å². The second-order valence-electron chi connectivity index (χ2n) is 6.38. The van der Waals surface area contributed by atoms with E-state index in [1.54, 1.807) is 17.0 Å². The summed E-state index contributed by atoms with van der Waals surface area (Å²) in [6, 6.07) is 6.56. The van der Waals surface area contributed by atoms with Crippen molar-refractivity contribution in [2.45, 2.75) is 25.2 Å². The maximum absolute atomic E-state index is 14.7. The Labute approximate surface area is 177 Å². The maximum Gasteiger partial charge on any atom is 0.216 e. The third-order valence-electron chi connectivity index (χ3n) is 4.80. The Balaban J connectivity index is 2.02. The zero-order chi connectivity index (χ0) is 20.0. The largest absolute Gasteiger partial charge is 0.384 e.